The molecule has 0 aliphatic heterocycles. The van der Waals surface area contributed by atoms with Gasteiger partial charge in [-0.05, 0) is 35.2 Å². The predicted molar refractivity (Wildman–Crippen MR) is 101 cm³/mol. The lowest BCUT2D eigenvalue weighted by molar-refractivity contribution is -0.150. The summed E-state index contributed by atoms with van der Waals surface area (Å²) in [6.07, 6.45) is 1.47. The van der Waals surface area contributed by atoms with Gasteiger partial charge in [0.1, 0.15) is 11.5 Å². The lowest BCUT2D eigenvalue weighted by atomic mass is 9.87. The lowest BCUT2D eigenvalue weighted by Crippen LogP contribution is -2.41. The normalized spacial score (nSPS) is 10.8. The molecule has 0 spiro atoms. The summed E-state index contributed by atoms with van der Waals surface area (Å²) in [6.45, 7) is 5.51. The maximum Gasteiger partial charge on any atom is 0.344 e. The van der Waals surface area contributed by atoms with E-state index in [4.69, 9.17) is 13.9 Å². The number of carbonyl (C=O) groups excluding carboxylic acids is 3. The van der Waals surface area contributed by atoms with Gasteiger partial charge in [-0.3, -0.25) is 10.1 Å². The summed E-state index contributed by atoms with van der Waals surface area (Å²) in [4.78, 5) is 34.8. The number of imide groups is 1. The van der Waals surface area contributed by atoms with Crippen LogP contribution in [0.15, 0.2) is 47.1 Å². The summed E-state index contributed by atoms with van der Waals surface area (Å²) in [5.74, 6) is -0.403. The van der Waals surface area contributed by atoms with Gasteiger partial charge in [-0.25, -0.2) is 9.59 Å². The minimum atomic E-state index is -0.750. The second-order valence-electron chi connectivity index (χ2n) is 7.03. The maximum atomic E-state index is 11.7. The van der Waals surface area contributed by atoms with Gasteiger partial charge < -0.3 is 19.2 Å². The van der Waals surface area contributed by atoms with Crippen LogP contribution in [0, 0.1) is 0 Å². The second kappa shape index (κ2) is 9.59. The van der Waals surface area contributed by atoms with Crippen LogP contribution in [-0.4, -0.2) is 31.1 Å². The van der Waals surface area contributed by atoms with E-state index in [1.54, 1.807) is 24.3 Å². The Balaban J connectivity index is 1.64. The number of benzene rings is 1. The Morgan fingerprint density at radius 1 is 1.04 bits per heavy atom. The molecule has 8 heteroatoms. The highest BCUT2D eigenvalue weighted by molar-refractivity contribution is 5.95. The first-order chi connectivity index (χ1) is 13.2. The van der Waals surface area contributed by atoms with Crippen LogP contribution in [-0.2, 0) is 26.3 Å². The van der Waals surface area contributed by atoms with Crippen LogP contribution in [0.3, 0.4) is 0 Å². The van der Waals surface area contributed by atoms with Gasteiger partial charge in [-0.1, -0.05) is 32.9 Å². The van der Waals surface area contributed by atoms with Gasteiger partial charge in [-0.2, -0.15) is 0 Å². The zero-order valence-electron chi connectivity index (χ0n) is 16.1. The number of ether oxygens (including phenoxy) is 2. The van der Waals surface area contributed by atoms with Crippen molar-refractivity contribution in [2.24, 2.45) is 0 Å². The molecule has 0 bridgehead atoms. The number of rotatable bonds is 7. The van der Waals surface area contributed by atoms with E-state index in [2.05, 4.69) is 26.1 Å². The zero-order chi connectivity index (χ0) is 20.6. The Morgan fingerprint density at radius 3 is 2.36 bits per heavy atom. The molecule has 1 aromatic carbocycles. The van der Waals surface area contributed by atoms with Crippen molar-refractivity contribution in [2.75, 3.05) is 13.2 Å². The quantitative estimate of drug-likeness (QED) is 0.706. The largest absolute Gasteiger partial charge is 0.482 e. The van der Waals surface area contributed by atoms with E-state index in [9.17, 15) is 14.4 Å². The summed E-state index contributed by atoms with van der Waals surface area (Å²) in [6, 6.07) is 10.0. The molecule has 0 aliphatic rings. The van der Waals surface area contributed by atoms with Crippen LogP contribution >= 0.6 is 0 Å². The van der Waals surface area contributed by atoms with Gasteiger partial charge in [0, 0.05) is 0 Å². The predicted octanol–water partition coefficient (Wildman–Crippen LogP) is 2.53. The average molecular weight is 388 g/mol. The highest BCUT2D eigenvalue weighted by Gasteiger charge is 2.14. The summed E-state index contributed by atoms with van der Waals surface area (Å²) in [5.41, 5.74) is 1.17. The number of hydrogen-bond donors (Lipinski definition) is 2. The van der Waals surface area contributed by atoms with Crippen LogP contribution in [0.4, 0.5) is 4.79 Å². The van der Waals surface area contributed by atoms with Crippen molar-refractivity contribution in [2.45, 2.75) is 32.7 Å². The Bertz CT molecular complexity index is 791. The number of esters is 1. The van der Waals surface area contributed by atoms with Crippen LogP contribution in [0.1, 0.15) is 32.1 Å². The Kier molecular flexibility index (Phi) is 7.20. The Hall–Kier alpha value is -3.29. The van der Waals surface area contributed by atoms with E-state index in [1.165, 1.54) is 6.26 Å². The number of furan rings is 1. The molecule has 1 aromatic heterocycles. The van der Waals surface area contributed by atoms with Gasteiger partial charge in [0.25, 0.3) is 5.91 Å². The van der Waals surface area contributed by atoms with E-state index in [0.717, 1.165) is 5.56 Å². The van der Waals surface area contributed by atoms with Gasteiger partial charge in [0.2, 0.25) is 0 Å². The minimum absolute atomic E-state index is 0.0229. The fraction of sp³-hybridized carbons (Fsp3) is 0.350. The van der Waals surface area contributed by atoms with E-state index in [1.807, 2.05) is 17.4 Å². The number of urea groups is 1. The molecular weight excluding hydrogens is 364 g/mol. The molecule has 0 atom stereocenters. The standard InChI is InChI=1S/C20H24N2O6/c1-20(2,3)14-6-8-15(9-7-14)27-13-18(24)28-12-17(23)22-19(25)21-11-16-5-4-10-26-16/h4-10H,11-13H2,1-3H3,(H2,21,22,23,25). The first kappa shape index (κ1) is 21.0. The SMILES string of the molecule is CC(C)(C)c1ccc(OCC(=O)OCC(=O)NC(=O)NCc2ccco2)cc1. The van der Waals surface area contributed by atoms with Gasteiger partial charge in [0.15, 0.2) is 13.2 Å². The van der Waals surface area contributed by atoms with Crippen molar-refractivity contribution in [3.8, 4) is 5.75 Å². The van der Waals surface area contributed by atoms with Crippen molar-refractivity contribution in [1.82, 2.24) is 10.6 Å². The van der Waals surface area contributed by atoms with Gasteiger partial charge >= 0.3 is 12.0 Å². The number of nitrogens with one attached hydrogen (secondary N) is 2. The first-order valence-corrected chi connectivity index (χ1v) is 8.73. The average Bonchev–Trinajstić information content (AvgIpc) is 3.16. The highest BCUT2D eigenvalue weighted by Crippen LogP contribution is 2.24. The van der Waals surface area contributed by atoms with Crippen LogP contribution < -0.4 is 15.4 Å². The number of amides is 3. The third kappa shape index (κ3) is 7.14. The lowest BCUT2D eigenvalue weighted by Gasteiger charge is -2.19. The van der Waals surface area contributed by atoms with Crippen LogP contribution in [0.2, 0.25) is 0 Å². The Morgan fingerprint density at radius 2 is 1.75 bits per heavy atom. The van der Waals surface area contributed by atoms with E-state index >= 15 is 0 Å². The summed E-state index contributed by atoms with van der Waals surface area (Å²) >= 11 is 0. The van der Waals surface area contributed by atoms with Crippen molar-refractivity contribution < 1.29 is 28.3 Å². The molecule has 2 rings (SSSR count). The van der Waals surface area contributed by atoms with Crippen molar-refractivity contribution in [3.63, 3.8) is 0 Å². The topological polar surface area (TPSA) is 107 Å². The molecule has 0 aliphatic carbocycles. The second-order valence-corrected chi connectivity index (χ2v) is 7.03. The monoisotopic (exact) mass is 388 g/mol. The molecule has 2 N–H and O–H groups in total. The van der Waals surface area contributed by atoms with E-state index in [0.29, 0.717) is 11.5 Å². The summed E-state index contributed by atoms with van der Waals surface area (Å²) in [7, 11) is 0. The third-order valence-corrected chi connectivity index (χ3v) is 3.70. The van der Waals surface area contributed by atoms with Crippen molar-refractivity contribution >= 4 is 17.9 Å². The minimum Gasteiger partial charge on any atom is -0.482 e. The van der Waals surface area contributed by atoms with Crippen molar-refractivity contribution in [3.05, 3.63) is 54.0 Å². The summed E-state index contributed by atoms with van der Waals surface area (Å²) in [5, 5.41) is 4.48. The molecule has 8 nitrogen and oxygen atoms in total. The fourth-order valence-electron chi connectivity index (χ4n) is 2.17. The number of hydrogen-bond acceptors (Lipinski definition) is 6. The van der Waals surface area contributed by atoms with E-state index in [-0.39, 0.29) is 18.6 Å². The molecule has 0 radical (unpaired) electrons. The first-order valence-electron chi connectivity index (χ1n) is 8.73. The molecule has 150 valence electrons. The maximum absolute atomic E-state index is 11.7. The fourth-order valence-corrected chi connectivity index (χ4v) is 2.17. The molecule has 1 heterocycles. The summed E-state index contributed by atoms with van der Waals surface area (Å²) < 4.78 is 15.2. The molecule has 2 aromatic rings. The molecule has 0 saturated heterocycles. The molecule has 3 amide bonds. The van der Waals surface area contributed by atoms with Crippen molar-refractivity contribution in [1.29, 1.82) is 0 Å². The Labute approximate surface area is 163 Å². The molecular formula is C20H24N2O6. The number of carbonyl (C=O) groups is 3. The van der Waals surface area contributed by atoms with Crippen LogP contribution in [0.5, 0.6) is 5.75 Å². The van der Waals surface area contributed by atoms with Crippen LogP contribution in [0.25, 0.3) is 0 Å². The zero-order valence-corrected chi connectivity index (χ0v) is 16.1. The molecule has 0 unspecified atom stereocenters. The molecule has 28 heavy (non-hydrogen) atoms. The van der Waals surface area contributed by atoms with E-state index < -0.39 is 24.5 Å². The molecule has 0 saturated carbocycles. The smallest absolute Gasteiger partial charge is 0.344 e. The van der Waals surface area contributed by atoms with Gasteiger partial charge in [-0.15, -0.1) is 0 Å². The molecule has 0 fully saturated rings. The third-order valence-electron chi connectivity index (χ3n) is 3.70. The highest BCUT2D eigenvalue weighted by atomic mass is 16.6. The van der Waals surface area contributed by atoms with Gasteiger partial charge in [0.05, 0.1) is 12.8 Å².